The summed E-state index contributed by atoms with van der Waals surface area (Å²) >= 11 is 0. The average molecular weight is 300 g/mol. The van der Waals surface area contributed by atoms with Gasteiger partial charge in [-0.3, -0.25) is 0 Å². The number of nitrogens with one attached hydrogen (secondary N) is 1. The fourth-order valence-electron chi connectivity index (χ4n) is 2.21. The summed E-state index contributed by atoms with van der Waals surface area (Å²) in [5.74, 6) is -0.979. The number of ether oxygens (including phenoxy) is 1. The first kappa shape index (κ1) is 17.9. The van der Waals surface area contributed by atoms with Crippen molar-refractivity contribution in [2.45, 2.75) is 33.2 Å². The zero-order valence-corrected chi connectivity index (χ0v) is 13.2. The van der Waals surface area contributed by atoms with Crippen LogP contribution in [0.3, 0.4) is 0 Å². The average Bonchev–Trinajstić information content (AvgIpc) is 2.46. The summed E-state index contributed by atoms with van der Waals surface area (Å²) in [6, 6.07) is 2.82. The second kappa shape index (κ2) is 9.68. The molecule has 0 aromatic heterocycles. The number of hydrogen-bond donors (Lipinski definition) is 1. The maximum absolute atomic E-state index is 14.2. The van der Waals surface area contributed by atoms with Crippen LogP contribution in [0, 0.1) is 11.6 Å². The van der Waals surface area contributed by atoms with Gasteiger partial charge in [-0.1, -0.05) is 13.3 Å². The summed E-state index contributed by atoms with van der Waals surface area (Å²) in [6.07, 6.45) is 1.92. The minimum Gasteiger partial charge on any atom is -0.383 e. The Morgan fingerprint density at radius 3 is 2.38 bits per heavy atom. The first-order valence-corrected chi connectivity index (χ1v) is 7.56. The fourth-order valence-corrected chi connectivity index (χ4v) is 2.21. The van der Waals surface area contributed by atoms with Crippen LogP contribution in [0.1, 0.15) is 32.3 Å². The highest BCUT2D eigenvalue weighted by Gasteiger charge is 2.16. The van der Waals surface area contributed by atoms with E-state index < -0.39 is 11.6 Å². The van der Waals surface area contributed by atoms with E-state index in [1.165, 1.54) is 12.1 Å². The Kier molecular flexibility index (Phi) is 8.23. The van der Waals surface area contributed by atoms with Crippen molar-refractivity contribution in [1.82, 2.24) is 5.32 Å². The van der Waals surface area contributed by atoms with Crippen molar-refractivity contribution < 1.29 is 13.5 Å². The van der Waals surface area contributed by atoms with Crippen LogP contribution < -0.4 is 10.2 Å². The standard InChI is InChI=1S/C16H26F2N2O/c1-4-6-8-20(5-2)16-14(17)10-13(11-15(16)18)12-19-7-9-21-3/h10-11,19H,4-9,12H2,1-3H3. The van der Waals surface area contributed by atoms with E-state index in [-0.39, 0.29) is 5.69 Å². The Morgan fingerprint density at radius 2 is 1.86 bits per heavy atom. The molecule has 0 fully saturated rings. The van der Waals surface area contributed by atoms with Gasteiger partial charge < -0.3 is 15.0 Å². The number of benzene rings is 1. The molecule has 0 bridgehead atoms. The predicted molar refractivity (Wildman–Crippen MR) is 82.7 cm³/mol. The summed E-state index contributed by atoms with van der Waals surface area (Å²) in [4.78, 5) is 1.76. The molecule has 0 aliphatic heterocycles. The van der Waals surface area contributed by atoms with Crippen molar-refractivity contribution in [3.63, 3.8) is 0 Å². The number of halogens is 2. The van der Waals surface area contributed by atoms with Crippen LogP contribution in [-0.4, -0.2) is 33.4 Å². The van der Waals surface area contributed by atoms with Gasteiger partial charge in [0.1, 0.15) is 17.3 Å². The van der Waals surface area contributed by atoms with Crippen molar-refractivity contribution in [2.75, 3.05) is 38.3 Å². The molecule has 0 aliphatic carbocycles. The highest BCUT2D eigenvalue weighted by atomic mass is 19.1. The molecule has 1 rings (SSSR count). The molecule has 0 heterocycles. The van der Waals surface area contributed by atoms with Gasteiger partial charge in [0.05, 0.1) is 6.61 Å². The van der Waals surface area contributed by atoms with E-state index in [0.29, 0.717) is 38.3 Å². The van der Waals surface area contributed by atoms with Crippen molar-refractivity contribution in [2.24, 2.45) is 0 Å². The van der Waals surface area contributed by atoms with Gasteiger partial charge in [-0.05, 0) is 31.0 Å². The number of rotatable bonds is 10. The zero-order chi connectivity index (χ0) is 15.7. The summed E-state index contributed by atoms with van der Waals surface area (Å²) in [7, 11) is 1.62. The van der Waals surface area contributed by atoms with Crippen LogP contribution in [-0.2, 0) is 11.3 Å². The summed E-state index contributed by atoms with van der Waals surface area (Å²) in [6.45, 7) is 6.90. The van der Waals surface area contributed by atoms with E-state index in [4.69, 9.17) is 4.74 Å². The Bertz CT molecular complexity index is 404. The number of unbranched alkanes of at least 4 members (excludes halogenated alkanes) is 1. The van der Waals surface area contributed by atoms with Crippen molar-refractivity contribution in [1.29, 1.82) is 0 Å². The molecule has 0 amide bonds. The smallest absolute Gasteiger partial charge is 0.149 e. The van der Waals surface area contributed by atoms with Gasteiger partial charge in [0.15, 0.2) is 0 Å². The lowest BCUT2D eigenvalue weighted by atomic mass is 10.1. The lowest BCUT2D eigenvalue weighted by Gasteiger charge is -2.24. The summed E-state index contributed by atoms with van der Waals surface area (Å²) in [5.41, 5.74) is 0.697. The molecule has 0 saturated carbocycles. The maximum atomic E-state index is 14.2. The van der Waals surface area contributed by atoms with E-state index in [1.807, 2.05) is 6.92 Å². The topological polar surface area (TPSA) is 24.5 Å². The van der Waals surface area contributed by atoms with Gasteiger partial charge in [0.25, 0.3) is 0 Å². The van der Waals surface area contributed by atoms with E-state index in [0.717, 1.165) is 12.8 Å². The van der Waals surface area contributed by atoms with Crippen molar-refractivity contribution in [3.8, 4) is 0 Å². The largest absolute Gasteiger partial charge is 0.383 e. The highest BCUT2D eigenvalue weighted by Crippen LogP contribution is 2.25. The third-order valence-electron chi connectivity index (χ3n) is 3.37. The van der Waals surface area contributed by atoms with Gasteiger partial charge in [0.2, 0.25) is 0 Å². The van der Waals surface area contributed by atoms with Gasteiger partial charge >= 0.3 is 0 Å². The molecule has 0 aliphatic rings. The van der Waals surface area contributed by atoms with Crippen LogP contribution in [0.4, 0.5) is 14.5 Å². The molecule has 1 aromatic carbocycles. The third-order valence-corrected chi connectivity index (χ3v) is 3.37. The minimum absolute atomic E-state index is 0.0894. The van der Waals surface area contributed by atoms with Crippen LogP contribution in [0.25, 0.3) is 0 Å². The predicted octanol–water partition coefficient (Wildman–Crippen LogP) is 3.33. The molecule has 1 aromatic rings. The summed E-state index contributed by atoms with van der Waals surface area (Å²) < 4.78 is 33.3. The van der Waals surface area contributed by atoms with Gasteiger partial charge in [-0.15, -0.1) is 0 Å². The lowest BCUT2D eigenvalue weighted by molar-refractivity contribution is 0.199. The third kappa shape index (κ3) is 5.59. The molecule has 21 heavy (non-hydrogen) atoms. The zero-order valence-electron chi connectivity index (χ0n) is 13.2. The monoisotopic (exact) mass is 300 g/mol. The maximum Gasteiger partial charge on any atom is 0.149 e. The van der Waals surface area contributed by atoms with E-state index in [9.17, 15) is 8.78 Å². The van der Waals surface area contributed by atoms with E-state index >= 15 is 0 Å². The van der Waals surface area contributed by atoms with Crippen molar-refractivity contribution in [3.05, 3.63) is 29.3 Å². The molecule has 5 heteroatoms. The molecule has 3 nitrogen and oxygen atoms in total. The molecule has 0 atom stereocenters. The quantitative estimate of drug-likeness (QED) is 0.671. The number of methoxy groups -OCH3 is 1. The normalized spacial score (nSPS) is 10.9. The van der Waals surface area contributed by atoms with Crippen LogP contribution >= 0.6 is 0 Å². The minimum atomic E-state index is -0.489. The number of hydrogen-bond acceptors (Lipinski definition) is 3. The molecular formula is C16H26F2N2O. The molecule has 0 unspecified atom stereocenters. The molecule has 0 saturated heterocycles. The summed E-state index contributed by atoms with van der Waals surface area (Å²) in [5, 5.41) is 3.08. The molecule has 1 N–H and O–H groups in total. The fraction of sp³-hybridized carbons (Fsp3) is 0.625. The van der Waals surface area contributed by atoms with Crippen LogP contribution in [0.5, 0.6) is 0 Å². The first-order chi connectivity index (χ1) is 10.1. The van der Waals surface area contributed by atoms with Gasteiger partial charge in [-0.2, -0.15) is 0 Å². The van der Waals surface area contributed by atoms with Crippen LogP contribution in [0.15, 0.2) is 12.1 Å². The Balaban J connectivity index is 2.78. The first-order valence-electron chi connectivity index (χ1n) is 7.56. The second-order valence-electron chi connectivity index (χ2n) is 5.01. The SMILES string of the molecule is CCCCN(CC)c1c(F)cc(CNCCOC)cc1F. The van der Waals surface area contributed by atoms with E-state index in [2.05, 4.69) is 12.2 Å². The lowest BCUT2D eigenvalue weighted by Crippen LogP contribution is -2.26. The van der Waals surface area contributed by atoms with E-state index in [1.54, 1.807) is 12.0 Å². The highest BCUT2D eigenvalue weighted by molar-refractivity contribution is 5.50. The Morgan fingerprint density at radius 1 is 1.19 bits per heavy atom. The molecule has 120 valence electrons. The Labute approximate surface area is 126 Å². The molecule has 0 radical (unpaired) electrons. The van der Waals surface area contributed by atoms with Crippen molar-refractivity contribution >= 4 is 5.69 Å². The second-order valence-corrected chi connectivity index (χ2v) is 5.01. The molecule has 0 spiro atoms. The van der Waals surface area contributed by atoms with Gasteiger partial charge in [0, 0.05) is 33.3 Å². The van der Waals surface area contributed by atoms with Crippen LogP contribution in [0.2, 0.25) is 0 Å². The number of anilines is 1. The van der Waals surface area contributed by atoms with Gasteiger partial charge in [-0.25, -0.2) is 8.78 Å². The Hall–Kier alpha value is -1.20. The molecular weight excluding hydrogens is 274 g/mol. The number of nitrogens with zero attached hydrogens (tertiary/aromatic N) is 1.